The van der Waals surface area contributed by atoms with Crippen LogP contribution in [0.5, 0.6) is 0 Å². The lowest BCUT2D eigenvalue weighted by Gasteiger charge is -2.17. The van der Waals surface area contributed by atoms with Crippen LogP contribution in [0.1, 0.15) is 32.1 Å². The summed E-state index contributed by atoms with van der Waals surface area (Å²) in [4.78, 5) is 0. The maximum atomic E-state index is 13.3. The van der Waals surface area contributed by atoms with E-state index in [9.17, 15) is 4.39 Å². The molecule has 2 saturated carbocycles. The third-order valence-electron chi connectivity index (χ3n) is 2.68. The molecule has 52 valence electrons. The van der Waals surface area contributed by atoms with Gasteiger partial charge in [0.1, 0.15) is 5.67 Å². The Balaban J connectivity index is 2.25. The van der Waals surface area contributed by atoms with E-state index in [4.69, 9.17) is 0 Å². The van der Waals surface area contributed by atoms with Crippen LogP contribution in [0.3, 0.4) is 0 Å². The molecule has 2 aliphatic carbocycles. The third kappa shape index (κ3) is 0.830. The molecule has 0 unspecified atom stereocenters. The molecule has 0 amide bonds. The van der Waals surface area contributed by atoms with Crippen molar-refractivity contribution < 1.29 is 4.39 Å². The summed E-state index contributed by atoms with van der Waals surface area (Å²) in [5.41, 5.74) is -0.774. The molecule has 0 aromatic rings. The molecule has 9 heavy (non-hydrogen) atoms. The quantitative estimate of drug-likeness (QED) is 0.519. The van der Waals surface area contributed by atoms with Gasteiger partial charge in [-0.1, -0.05) is 15.9 Å². The Labute approximate surface area is 63.0 Å². The molecule has 0 heterocycles. The largest absolute Gasteiger partial charge is 0.244 e. The first-order chi connectivity index (χ1) is 4.12. The molecule has 0 atom stereocenters. The number of fused-ring (bicyclic) bond motifs is 2. The summed E-state index contributed by atoms with van der Waals surface area (Å²) in [5, 5.41) is 0. The van der Waals surface area contributed by atoms with Crippen LogP contribution >= 0.6 is 15.9 Å². The molecule has 2 fully saturated rings. The van der Waals surface area contributed by atoms with Crippen LogP contribution in [0.25, 0.3) is 0 Å². The zero-order valence-electron chi connectivity index (χ0n) is 5.29. The van der Waals surface area contributed by atoms with E-state index in [2.05, 4.69) is 15.9 Å². The highest BCUT2D eigenvalue weighted by Crippen LogP contribution is 2.57. The Morgan fingerprint density at radius 2 is 1.67 bits per heavy atom. The molecule has 0 aromatic heterocycles. The molecule has 2 aliphatic rings. The van der Waals surface area contributed by atoms with E-state index >= 15 is 0 Å². The second-order valence-corrected chi connectivity index (χ2v) is 5.16. The Kier molecular flexibility index (Phi) is 1.04. The van der Waals surface area contributed by atoms with Gasteiger partial charge in [0.2, 0.25) is 0 Å². The number of rotatable bonds is 0. The summed E-state index contributed by atoms with van der Waals surface area (Å²) in [6, 6.07) is 0. The van der Waals surface area contributed by atoms with Crippen LogP contribution in [-0.4, -0.2) is 9.99 Å². The molecular formula is C7H10BrF. The van der Waals surface area contributed by atoms with Crippen LogP contribution in [0, 0.1) is 0 Å². The Morgan fingerprint density at radius 1 is 1.11 bits per heavy atom. The Bertz CT molecular complexity index is 120. The topological polar surface area (TPSA) is 0 Å². The van der Waals surface area contributed by atoms with E-state index in [1.807, 2.05) is 0 Å². The highest BCUT2D eigenvalue weighted by molar-refractivity contribution is 9.10. The number of halogens is 2. The predicted molar refractivity (Wildman–Crippen MR) is 38.6 cm³/mol. The first-order valence-corrected chi connectivity index (χ1v) is 4.29. The molecule has 0 saturated heterocycles. The van der Waals surface area contributed by atoms with Crippen molar-refractivity contribution in [3.63, 3.8) is 0 Å². The Hall–Kier alpha value is 0.410. The van der Waals surface area contributed by atoms with Gasteiger partial charge in [0.05, 0.1) is 0 Å². The van der Waals surface area contributed by atoms with E-state index < -0.39 is 5.67 Å². The van der Waals surface area contributed by atoms with E-state index in [0.717, 1.165) is 32.1 Å². The lowest BCUT2D eigenvalue weighted by atomic mass is 9.99. The van der Waals surface area contributed by atoms with Gasteiger partial charge < -0.3 is 0 Å². The van der Waals surface area contributed by atoms with Crippen molar-refractivity contribution in [2.24, 2.45) is 0 Å². The van der Waals surface area contributed by atoms with Crippen molar-refractivity contribution >= 4 is 15.9 Å². The zero-order valence-corrected chi connectivity index (χ0v) is 6.88. The third-order valence-corrected chi connectivity index (χ3v) is 3.75. The lowest BCUT2D eigenvalue weighted by Crippen LogP contribution is -2.14. The summed E-state index contributed by atoms with van der Waals surface area (Å²) < 4.78 is 13.5. The van der Waals surface area contributed by atoms with E-state index in [1.165, 1.54) is 0 Å². The minimum atomic E-state index is -0.774. The van der Waals surface area contributed by atoms with Gasteiger partial charge in [-0.3, -0.25) is 0 Å². The lowest BCUT2D eigenvalue weighted by molar-refractivity contribution is 0.176. The van der Waals surface area contributed by atoms with Crippen molar-refractivity contribution in [2.45, 2.75) is 42.1 Å². The number of hydrogen-bond acceptors (Lipinski definition) is 0. The summed E-state index contributed by atoms with van der Waals surface area (Å²) in [6.07, 6.45) is 4.43. The maximum Gasteiger partial charge on any atom is 0.112 e. The molecule has 2 bridgehead atoms. The highest BCUT2D eigenvalue weighted by Gasteiger charge is 2.53. The van der Waals surface area contributed by atoms with Gasteiger partial charge in [-0.2, -0.15) is 0 Å². The summed E-state index contributed by atoms with van der Waals surface area (Å²) >= 11 is 3.58. The summed E-state index contributed by atoms with van der Waals surface area (Å²) in [7, 11) is 0. The summed E-state index contributed by atoms with van der Waals surface area (Å²) in [6.45, 7) is 0. The van der Waals surface area contributed by atoms with Crippen LogP contribution < -0.4 is 0 Å². The molecular weight excluding hydrogens is 183 g/mol. The van der Waals surface area contributed by atoms with Crippen molar-refractivity contribution in [1.29, 1.82) is 0 Å². The molecule has 0 N–H and O–H groups in total. The van der Waals surface area contributed by atoms with Crippen molar-refractivity contribution in [2.75, 3.05) is 0 Å². The molecule has 0 aliphatic heterocycles. The minimum Gasteiger partial charge on any atom is -0.244 e. The van der Waals surface area contributed by atoms with Gasteiger partial charge in [-0.15, -0.1) is 0 Å². The monoisotopic (exact) mass is 192 g/mol. The van der Waals surface area contributed by atoms with Crippen molar-refractivity contribution in [3.05, 3.63) is 0 Å². The van der Waals surface area contributed by atoms with Gasteiger partial charge >= 0.3 is 0 Å². The smallest absolute Gasteiger partial charge is 0.112 e. The summed E-state index contributed by atoms with van der Waals surface area (Å²) in [5.74, 6) is 0. The number of hydrogen-bond donors (Lipinski definition) is 0. The zero-order chi connectivity index (χ0) is 6.54. The second-order valence-electron chi connectivity index (χ2n) is 3.48. The van der Waals surface area contributed by atoms with Crippen molar-refractivity contribution in [3.8, 4) is 0 Å². The minimum absolute atomic E-state index is 0.210. The van der Waals surface area contributed by atoms with Gasteiger partial charge in [-0.05, 0) is 32.1 Å². The average Bonchev–Trinajstić information content (AvgIpc) is 2.19. The van der Waals surface area contributed by atoms with Gasteiger partial charge in [0.25, 0.3) is 0 Å². The van der Waals surface area contributed by atoms with Crippen LogP contribution in [0.2, 0.25) is 0 Å². The Morgan fingerprint density at radius 3 is 1.78 bits per heavy atom. The maximum absolute atomic E-state index is 13.3. The van der Waals surface area contributed by atoms with Crippen LogP contribution in [0.4, 0.5) is 4.39 Å². The first-order valence-electron chi connectivity index (χ1n) is 3.50. The van der Waals surface area contributed by atoms with Gasteiger partial charge in [-0.25, -0.2) is 4.39 Å². The first kappa shape index (κ1) is 6.14. The fourth-order valence-electron chi connectivity index (χ4n) is 2.07. The van der Waals surface area contributed by atoms with E-state index in [1.54, 1.807) is 0 Å². The van der Waals surface area contributed by atoms with Gasteiger partial charge in [0.15, 0.2) is 0 Å². The highest BCUT2D eigenvalue weighted by atomic mass is 79.9. The fourth-order valence-corrected chi connectivity index (χ4v) is 2.97. The SMILES string of the molecule is FC12CCC(Br)(CC1)C2. The fraction of sp³-hybridized carbons (Fsp3) is 1.00. The standard InChI is InChI=1S/C7H10BrF/c8-6-1-3-7(9,5-6)4-2-6/h1-5H2. The molecule has 0 aromatic carbocycles. The normalized spacial score (nSPS) is 56.7. The average molecular weight is 193 g/mol. The molecule has 0 spiro atoms. The van der Waals surface area contributed by atoms with Gasteiger partial charge in [0, 0.05) is 4.32 Å². The van der Waals surface area contributed by atoms with Crippen molar-refractivity contribution in [1.82, 2.24) is 0 Å². The molecule has 0 radical (unpaired) electrons. The van der Waals surface area contributed by atoms with E-state index in [-0.39, 0.29) is 4.32 Å². The molecule has 2 rings (SSSR count). The molecule has 2 heteroatoms. The predicted octanol–water partition coefficient (Wildman–Crippen LogP) is 2.81. The van der Waals surface area contributed by atoms with Crippen LogP contribution in [-0.2, 0) is 0 Å². The molecule has 0 nitrogen and oxygen atoms in total. The van der Waals surface area contributed by atoms with E-state index in [0.29, 0.717) is 0 Å². The number of alkyl halides is 2. The van der Waals surface area contributed by atoms with Crippen LogP contribution in [0.15, 0.2) is 0 Å². The second kappa shape index (κ2) is 1.52.